The number of carbonyl (C=O) groups excluding carboxylic acids is 1. The summed E-state index contributed by atoms with van der Waals surface area (Å²) >= 11 is 0. The van der Waals surface area contributed by atoms with Crippen LogP contribution < -0.4 is 0 Å². The van der Waals surface area contributed by atoms with Crippen LogP contribution >= 0.6 is 0 Å². The highest BCUT2D eigenvalue weighted by Gasteiger charge is 2.36. The largest absolute Gasteiger partial charge is 0.508 e. The number of carboxylic acids is 1. The van der Waals surface area contributed by atoms with Crippen LogP contribution in [0.4, 0.5) is 0 Å². The standard InChI is InChI=1S/C16H21NO4/c1-17(10-11-5-4-6-12(18)9-11)15(19)13-7-2-3-8-14(13)16(20)21/h4-6,9,13-14,18H,2-3,7-8,10H2,1H3,(H,20,21)/t13-,14+/m1/s1. The topological polar surface area (TPSA) is 77.8 Å². The number of amides is 1. The maximum atomic E-state index is 12.5. The Morgan fingerprint density at radius 3 is 2.52 bits per heavy atom. The predicted octanol–water partition coefficient (Wildman–Crippen LogP) is 2.24. The molecule has 2 N–H and O–H groups in total. The molecule has 0 heterocycles. The van der Waals surface area contributed by atoms with Gasteiger partial charge in [0.05, 0.1) is 11.8 Å². The van der Waals surface area contributed by atoms with Crippen molar-refractivity contribution < 1.29 is 19.8 Å². The second-order valence-electron chi connectivity index (χ2n) is 5.70. The van der Waals surface area contributed by atoms with Crippen LogP contribution in [-0.4, -0.2) is 34.0 Å². The Morgan fingerprint density at radius 1 is 1.24 bits per heavy atom. The van der Waals surface area contributed by atoms with E-state index in [9.17, 15) is 19.8 Å². The highest BCUT2D eigenvalue weighted by Crippen LogP contribution is 2.31. The van der Waals surface area contributed by atoms with Crippen molar-refractivity contribution in [2.75, 3.05) is 7.05 Å². The van der Waals surface area contributed by atoms with Crippen molar-refractivity contribution in [2.45, 2.75) is 32.2 Å². The zero-order valence-electron chi connectivity index (χ0n) is 12.2. The molecule has 1 saturated carbocycles. The first kappa shape index (κ1) is 15.4. The van der Waals surface area contributed by atoms with Crippen molar-refractivity contribution in [2.24, 2.45) is 11.8 Å². The molecule has 1 aromatic carbocycles. The molecule has 0 bridgehead atoms. The second-order valence-corrected chi connectivity index (χ2v) is 5.70. The van der Waals surface area contributed by atoms with Crippen LogP contribution in [0.2, 0.25) is 0 Å². The fourth-order valence-corrected chi connectivity index (χ4v) is 3.01. The first-order valence-electron chi connectivity index (χ1n) is 7.24. The van der Waals surface area contributed by atoms with Gasteiger partial charge in [-0.15, -0.1) is 0 Å². The van der Waals surface area contributed by atoms with E-state index in [0.717, 1.165) is 18.4 Å². The molecule has 1 aromatic rings. The van der Waals surface area contributed by atoms with E-state index in [1.54, 1.807) is 30.1 Å². The van der Waals surface area contributed by atoms with Crippen LogP contribution in [-0.2, 0) is 16.1 Å². The maximum absolute atomic E-state index is 12.5. The third-order valence-corrected chi connectivity index (χ3v) is 4.11. The zero-order valence-corrected chi connectivity index (χ0v) is 12.2. The van der Waals surface area contributed by atoms with Gasteiger partial charge >= 0.3 is 5.97 Å². The van der Waals surface area contributed by atoms with Crippen molar-refractivity contribution >= 4 is 11.9 Å². The van der Waals surface area contributed by atoms with Crippen LogP contribution in [0.15, 0.2) is 24.3 Å². The average Bonchev–Trinajstić information content (AvgIpc) is 2.46. The van der Waals surface area contributed by atoms with Gasteiger partial charge < -0.3 is 15.1 Å². The molecule has 2 atom stereocenters. The smallest absolute Gasteiger partial charge is 0.307 e. The summed E-state index contributed by atoms with van der Waals surface area (Å²) < 4.78 is 0. The Hall–Kier alpha value is -2.04. The summed E-state index contributed by atoms with van der Waals surface area (Å²) in [5.41, 5.74) is 0.827. The molecule has 21 heavy (non-hydrogen) atoms. The molecule has 5 nitrogen and oxygen atoms in total. The zero-order chi connectivity index (χ0) is 15.4. The molecule has 0 spiro atoms. The summed E-state index contributed by atoms with van der Waals surface area (Å²) in [7, 11) is 1.68. The number of rotatable bonds is 4. The highest BCUT2D eigenvalue weighted by atomic mass is 16.4. The van der Waals surface area contributed by atoms with E-state index in [1.807, 2.05) is 6.07 Å². The Balaban J connectivity index is 2.05. The number of benzene rings is 1. The van der Waals surface area contributed by atoms with Gasteiger partial charge in [0.15, 0.2) is 0 Å². The maximum Gasteiger partial charge on any atom is 0.307 e. The number of nitrogens with zero attached hydrogens (tertiary/aromatic N) is 1. The van der Waals surface area contributed by atoms with E-state index >= 15 is 0 Å². The molecular weight excluding hydrogens is 270 g/mol. The number of carboxylic acid groups (broad SMARTS) is 1. The highest BCUT2D eigenvalue weighted by molar-refractivity contribution is 5.84. The van der Waals surface area contributed by atoms with Gasteiger partial charge in [-0.1, -0.05) is 25.0 Å². The molecule has 0 unspecified atom stereocenters. The lowest BCUT2D eigenvalue weighted by Crippen LogP contribution is -2.40. The molecule has 1 aliphatic rings. The van der Waals surface area contributed by atoms with Crippen LogP contribution in [0.5, 0.6) is 5.75 Å². The second kappa shape index (κ2) is 6.61. The average molecular weight is 291 g/mol. The molecule has 0 aliphatic heterocycles. The van der Waals surface area contributed by atoms with Crippen LogP contribution in [0.25, 0.3) is 0 Å². The van der Waals surface area contributed by atoms with E-state index in [0.29, 0.717) is 19.4 Å². The summed E-state index contributed by atoms with van der Waals surface area (Å²) in [5.74, 6) is -1.84. The Labute approximate surface area is 124 Å². The van der Waals surface area contributed by atoms with E-state index in [4.69, 9.17) is 0 Å². The van der Waals surface area contributed by atoms with Gasteiger partial charge in [0.25, 0.3) is 0 Å². The molecule has 0 aromatic heterocycles. The lowest BCUT2D eigenvalue weighted by molar-refractivity contribution is -0.152. The number of hydrogen-bond donors (Lipinski definition) is 2. The summed E-state index contributed by atoms with van der Waals surface area (Å²) in [6.45, 7) is 0.371. The Morgan fingerprint density at radius 2 is 1.90 bits per heavy atom. The number of carbonyl (C=O) groups is 2. The quantitative estimate of drug-likeness (QED) is 0.892. The van der Waals surface area contributed by atoms with Gasteiger partial charge in [-0.2, -0.15) is 0 Å². The predicted molar refractivity (Wildman–Crippen MR) is 77.7 cm³/mol. The number of aliphatic carboxylic acids is 1. The summed E-state index contributed by atoms with van der Waals surface area (Å²) in [5, 5.41) is 18.7. The van der Waals surface area contributed by atoms with Gasteiger partial charge in [0.1, 0.15) is 5.75 Å². The number of phenolic OH excluding ortho intramolecular Hbond substituents is 1. The number of aromatic hydroxyl groups is 1. The molecule has 0 radical (unpaired) electrons. The van der Waals surface area contributed by atoms with E-state index in [1.165, 1.54) is 0 Å². The van der Waals surface area contributed by atoms with E-state index in [-0.39, 0.29) is 11.7 Å². The van der Waals surface area contributed by atoms with Crippen LogP contribution in [0.1, 0.15) is 31.2 Å². The molecular formula is C16H21NO4. The summed E-state index contributed by atoms with van der Waals surface area (Å²) in [6.07, 6.45) is 2.99. The SMILES string of the molecule is CN(Cc1cccc(O)c1)C(=O)[C@@H]1CCCC[C@@H]1C(=O)O. The lowest BCUT2D eigenvalue weighted by atomic mass is 9.78. The van der Waals surface area contributed by atoms with Gasteiger partial charge in [0, 0.05) is 13.6 Å². The van der Waals surface area contributed by atoms with Gasteiger partial charge in [-0.05, 0) is 30.5 Å². The van der Waals surface area contributed by atoms with E-state index < -0.39 is 17.8 Å². The molecule has 5 heteroatoms. The third-order valence-electron chi connectivity index (χ3n) is 4.11. The molecule has 1 amide bonds. The van der Waals surface area contributed by atoms with Crippen molar-refractivity contribution in [1.29, 1.82) is 0 Å². The third kappa shape index (κ3) is 3.74. The molecule has 1 fully saturated rings. The fraction of sp³-hybridized carbons (Fsp3) is 0.500. The van der Waals surface area contributed by atoms with Gasteiger partial charge in [-0.3, -0.25) is 9.59 Å². The van der Waals surface area contributed by atoms with Crippen molar-refractivity contribution in [3.63, 3.8) is 0 Å². The molecule has 114 valence electrons. The van der Waals surface area contributed by atoms with E-state index in [2.05, 4.69) is 0 Å². The first-order valence-corrected chi connectivity index (χ1v) is 7.24. The minimum atomic E-state index is -0.876. The Kier molecular flexibility index (Phi) is 4.83. The lowest BCUT2D eigenvalue weighted by Gasteiger charge is -2.31. The minimum Gasteiger partial charge on any atom is -0.508 e. The molecule has 1 aliphatic carbocycles. The van der Waals surface area contributed by atoms with Crippen molar-refractivity contribution in [1.82, 2.24) is 4.90 Å². The summed E-state index contributed by atoms with van der Waals surface area (Å²) in [6, 6.07) is 6.74. The van der Waals surface area contributed by atoms with Crippen molar-refractivity contribution in [3.8, 4) is 5.75 Å². The molecule has 2 rings (SSSR count). The summed E-state index contributed by atoms with van der Waals surface area (Å²) in [4.78, 5) is 25.3. The number of phenols is 1. The van der Waals surface area contributed by atoms with Crippen LogP contribution in [0, 0.1) is 11.8 Å². The minimum absolute atomic E-state index is 0.120. The van der Waals surface area contributed by atoms with Crippen molar-refractivity contribution in [3.05, 3.63) is 29.8 Å². The Bertz CT molecular complexity index is 529. The van der Waals surface area contributed by atoms with Crippen LogP contribution in [0.3, 0.4) is 0 Å². The van der Waals surface area contributed by atoms with Gasteiger partial charge in [0.2, 0.25) is 5.91 Å². The normalized spacial score (nSPS) is 21.8. The number of hydrogen-bond acceptors (Lipinski definition) is 3. The monoisotopic (exact) mass is 291 g/mol. The fourth-order valence-electron chi connectivity index (χ4n) is 3.01. The van der Waals surface area contributed by atoms with Gasteiger partial charge in [-0.25, -0.2) is 0 Å². The molecule has 0 saturated heterocycles. The first-order chi connectivity index (χ1) is 9.99.